The van der Waals surface area contributed by atoms with Crippen LogP contribution in [-0.4, -0.2) is 26.8 Å². The Morgan fingerprint density at radius 3 is 2.36 bits per heavy atom. The number of alkyl halides is 3. The molecule has 0 saturated heterocycles. The summed E-state index contributed by atoms with van der Waals surface area (Å²) in [5, 5.41) is 2.90. The highest BCUT2D eigenvalue weighted by Gasteiger charge is 2.32. The molecule has 0 aliphatic heterocycles. The highest BCUT2D eigenvalue weighted by Crippen LogP contribution is 2.33. The molecule has 4 nitrogen and oxygen atoms in total. The Balaban J connectivity index is 2.20. The first-order chi connectivity index (χ1) is 11.5. The van der Waals surface area contributed by atoms with Gasteiger partial charge in [0.1, 0.15) is 0 Å². The van der Waals surface area contributed by atoms with Crippen molar-refractivity contribution in [2.75, 3.05) is 19.4 Å². The van der Waals surface area contributed by atoms with Crippen molar-refractivity contribution in [1.82, 2.24) is 4.31 Å². The molecule has 0 unspecified atom stereocenters. The zero-order valence-electron chi connectivity index (χ0n) is 14.1. The Bertz CT molecular complexity index is 862. The van der Waals surface area contributed by atoms with Crippen LogP contribution in [0.25, 0.3) is 0 Å². The van der Waals surface area contributed by atoms with E-state index < -0.39 is 21.8 Å². The van der Waals surface area contributed by atoms with Crippen LogP contribution in [0, 0.1) is 6.92 Å². The predicted molar refractivity (Wildman–Crippen MR) is 90.8 cm³/mol. The van der Waals surface area contributed by atoms with Gasteiger partial charge < -0.3 is 5.32 Å². The van der Waals surface area contributed by atoms with Crippen molar-refractivity contribution < 1.29 is 21.6 Å². The first-order valence-corrected chi connectivity index (χ1v) is 8.89. The summed E-state index contributed by atoms with van der Waals surface area (Å²) in [5.74, 6) is 0. The number of hydrogen-bond donors (Lipinski definition) is 1. The predicted octanol–water partition coefficient (Wildman–Crippen LogP) is 3.88. The molecule has 0 atom stereocenters. The summed E-state index contributed by atoms with van der Waals surface area (Å²) >= 11 is 0. The molecule has 0 radical (unpaired) electrons. The van der Waals surface area contributed by atoms with E-state index >= 15 is 0 Å². The first kappa shape index (κ1) is 19.3. The number of nitrogens with one attached hydrogen (secondary N) is 1. The molecule has 0 bridgehead atoms. The maximum Gasteiger partial charge on any atom is 0.416 e. The van der Waals surface area contributed by atoms with Crippen LogP contribution in [0.5, 0.6) is 0 Å². The monoisotopic (exact) mass is 372 g/mol. The van der Waals surface area contributed by atoms with E-state index in [0.717, 1.165) is 10.4 Å². The van der Waals surface area contributed by atoms with Gasteiger partial charge in [-0.05, 0) is 42.3 Å². The third-order valence-electron chi connectivity index (χ3n) is 3.72. The average molecular weight is 372 g/mol. The fourth-order valence-electron chi connectivity index (χ4n) is 2.27. The first-order valence-electron chi connectivity index (χ1n) is 7.45. The van der Waals surface area contributed by atoms with Crippen LogP contribution in [-0.2, 0) is 22.7 Å². The van der Waals surface area contributed by atoms with Crippen molar-refractivity contribution in [3.05, 3.63) is 59.2 Å². The fraction of sp³-hybridized carbons (Fsp3) is 0.294. The molecule has 25 heavy (non-hydrogen) atoms. The Hall–Kier alpha value is -2.06. The van der Waals surface area contributed by atoms with Gasteiger partial charge in [-0.3, -0.25) is 0 Å². The Kier molecular flexibility index (Phi) is 5.43. The molecule has 0 spiro atoms. The van der Waals surface area contributed by atoms with Gasteiger partial charge in [0.2, 0.25) is 10.0 Å². The molecule has 2 aromatic carbocycles. The minimum absolute atomic E-state index is 0.136. The summed E-state index contributed by atoms with van der Waals surface area (Å²) in [6.07, 6.45) is -4.42. The standard InChI is InChI=1S/C17H19F3N2O2S/c1-12-7-8-14(10-16(12)17(18,19)20)21-11-13-5-4-6-15(9-13)25(23,24)22(2)3/h4-10,21H,11H2,1-3H3. The van der Waals surface area contributed by atoms with Gasteiger partial charge >= 0.3 is 6.18 Å². The summed E-state index contributed by atoms with van der Waals surface area (Å²) in [5.41, 5.74) is 0.425. The van der Waals surface area contributed by atoms with Gasteiger partial charge in [0.25, 0.3) is 0 Å². The van der Waals surface area contributed by atoms with Crippen LogP contribution < -0.4 is 5.32 Å². The molecule has 0 aliphatic rings. The lowest BCUT2D eigenvalue weighted by molar-refractivity contribution is -0.138. The van der Waals surface area contributed by atoms with Gasteiger partial charge in [0.05, 0.1) is 10.5 Å². The smallest absolute Gasteiger partial charge is 0.381 e. The molecule has 1 N–H and O–H groups in total. The van der Waals surface area contributed by atoms with Gasteiger partial charge in [0, 0.05) is 26.3 Å². The molecular weight excluding hydrogens is 353 g/mol. The quantitative estimate of drug-likeness (QED) is 0.867. The molecule has 8 heteroatoms. The number of sulfonamides is 1. The van der Waals surface area contributed by atoms with Gasteiger partial charge in [-0.1, -0.05) is 18.2 Å². The fourth-order valence-corrected chi connectivity index (χ4v) is 3.24. The maximum absolute atomic E-state index is 13.0. The highest BCUT2D eigenvalue weighted by molar-refractivity contribution is 7.89. The van der Waals surface area contributed by atoms with Crippen molar-refractivity contribution in [3.8, 4) is 0 Å². The van der Waals surface area contributed by atoms with E-state index in [0.29, 0.717) is 11.3 Å². The van der Waals surface area contributed by atoms with Gasteiger partial charge in [-0.2, -0.15) is 13.2 Å². The van der Waals surface area contributed by atoms with Gasteiger partial charge in [-0.25, -0.2) is 12.7 Å². The lowest BCUT2D eigenvalue weighted by atomic mass is 10.1. The molecule has 136 valence electrons. The SMILES string of the molecule is Cc1ccc(NCc2cccc(S(=O)(=O)N(C)C)c2)cc1C(F)(F)F. The molecule has 2 rings (SSSR count). The van der Waals surface area contributed by atoms with Crippen molar-refractivity contribution >= 4 is 15.7 Å². The van der Waals surface area contributed by atoms with E-state index in [9.17, 15) is 21.6 Å². The Morgan fingerprint density at radius 1 is 1.08 bits per heavy atom. The third-order valence-corrected chi connectivity index (χ3v) is 5.53. The molecule has 0 aliphatic carbocycles. The van der Waals surface area contributed by atoms with E-state index in [1.807, 2.05) is 0 Å². The van der Waals surface area contributed by atoms with Gasteiger partial charge in [0.15, 0.2) is 0 Å². The lowest BCUT2D eigenvalue weighted by Gasteiger charge is -2.14. The third kappa shape index (κ3) is 4.52. The van der Waals surface area contributed by atoms with E-state index in [4.69, 9.17) is 0 Å². The molecular formula is C17H19F3N2O2S. The van der Waals surface area contributed by atoms with E-state index in [-0.39, 0.29) is 17.0 Å². The molecule has 2 aromatic rings. The zero-order valence-corrected chi connectivity index (χ0v) is 14.9. The highest BCUT2D eigenvalue weighted by atomic mass is 32.2. The summed E-state index contributed by atoms with van der Waals surface area (Å²) < 4.78 is 64.2. The van der Waals surface area contributed by atoms with Crippen LogP contribution >= 0.6 is 0 Å². The van der Waals surface area contributed by atoms with E-state index in [2.05, 4.69) is 5.32 Å². The number of benzene rings is 2. The summed E-state index contributed by atoms with van der Waals surface area (Å²) in [4.78, 5) is 0.136. The molecule has 0 saturated carbocycles. The normalized spacial score (nSPS) is 12.4. The van der Waals surface area contributed by atoms with Gasteiger partial charge in [-0.15, -0.1) is 0 Å². The number of hydrogen-bond acceptors (Lipinski definition) is 3. The second kappa shape index (κ2) is 7.05. The number of nitrogens with zero attached hydrogens (tertiary/aromatic N) is 1. The topological polar surface area (TPSA) is 49.4 Å². The average Bonchev–Trinajstić information content (AvgIpc) is 2.53. The van der Waals surface area contributed by atoms with Crippen LogP contribution in [0.2, 0.25) is 0 Å². The number of anilines is 1. The largest absolute Gasteiger partial charge is 0.416 e. The minimum atomic E-state index is -4.42. The van der Waals surface area contributed by atoms with Crippen molar-refractivity contribution in [2.24, 2.45) is 0 Å². The Morgan fingerprint density at radius 2 is 1.76 bits per heavy atom. The van der Waals surface area contributed by atoms with Crippen LogP contribution in [0.1, 0.15) is 16.7 Å². The van der Waals surface area contributed by atoms with Crippen LogP contribution in [0.4, 0.5) is 18.9 Å². The summed E-state index contributed by atoms with van der Waals surface area (Å²) in [6.45, 7) is 1.61. The number of aryl methyl sites for hydroxylation is 1. The molecule has 0 fully saturated rings. The number of halogens is 3. The molecule has 0 heterocycles. The Labute approximate surface area is 145 Å². The van der Waals surface area contributed by atoms with Crippen molar-refractivity contribution in [1.29, 1.82) is 0 Å². The van der Waals surface area contributed by atoms with E-state index in [1.165, 1.54) is 39.2 Å². The lowest BCUT2D eigenvalue weighted by Crippen LogP contribution is -2.22. The maximum atomic E-state index is 13.0. The minimum Gasteiger partial charge on any atom is -0.381 e. The van der Waals surface area contributed by atoms with Crippen molar-refractivity contribution in [3.63, 3.8) is 0 Å². The summed E-state index contributed by atoms with van der Waals surface area (Å²) in [7, 11) is -0.686. The summed E-state index contributed by atoms with van der Waals surface area (Å²) in [6, 6.07) is 10.3. The van der Waals surface area contributed by atoms with Crippen LogP contribution in [0.15, 0.2) is 47.4 Å². The molecule has 0 amide bonds. The van der Waals surface area contributed by atoms with Crippen LogP contribution in [0.3, 0.4) is 0 Å². The van der Waals surface area contributed by atoms with Crippen molar-refractivity contribution in [2.45, 2.75) is 24.5 Å². The second-order valence-electron chi connectivity index (χ2n) is 5.82. The molecule has 0 aromatic heterocycles. The van der Waals surface area contributed by atoms with E-state index in [1.54, 1.807) is 18.2 Å². The number of rotatable bonds is 5. The zero-order chi connectivity index (χ0) is 18.8. The second-order valence-corrected chi connectivity index (χ2v) is 7.97.